The maximum atomic E-state index is 13.7. The van der Waals surface area contributed by atoms with E-state index in [1.54, 1.807) is 11.3 Å². The summed E-state index contributed by atoms with van der Waals surface area (Å²) in [5.41, 5.74) is 0.980. The summed E-state index contributed by atoms with van der Waals surface area (Å²) in [5, 5.41) is 0.857. The number of fused-ring (bicyclic) bond motifs is 1. The van der Waals surface area contributed by atoms with E-state index in [2.05, 4.69) is 20.9 Å². The third kappa shape index (κ3) is 2.60. The van der Waals surface area contributed by atoms with Crippen molar-refractivity contribution in [2.24, 2.45) is 0 Å². The third-order valence-electron chi connectivity index (χ3n) is 3.00. The van der Waals surface area contributed by atoms with Gasteiger partial charge in [0.15, 0.2) is 0 Å². The summed E-state index contributed by atoms with van der Waals surface area (Å²) in [7, 11) is 0. The van der Waals surface area contributed by atoms with E-state index in [1.807, 2.05) is 24.3 Å². The van der Waals surface area contributed by atoms with Gasteiger partial charge in [0.25, 0.3) is 0 Å². The minimum Gasteiger partial charge on any atom is -0.241 e. The van der Waals surface area contributed by atoms with Crippen LogP contribution in [0.5, 0.6) is 0 Å². The standard InChI is InChI=1S/C15H10BrF2NS/c16-9(15-10(17)4-3-5-11(15)18)8-14-19-12-6-1-2-7-13(12)20-14/h1-7,9H,8H2. The molecule has 3 aromatic rings. The van der Waals surface area contributed by atoms with E-state index in [9.17, 15) is 8.78 Å². The number of rotatable bonds is 3. The van der Waals surface area contributed by atoms with E-state index in [4.69, 9.17) is 0 Å². The lowest BCUT2D eigenvalue weighted by atomic mass is 10.1. The molecule has 5 heteroatoms. The summed E-state index contributed by atoms with van der Waals surface area (Å²) in [5.74, 6) is -1.07. The number of hydrogen-bond donors (Lipinski definition) is 0. The number of benzene rings is 2. The lowest BCUT2D eigenvalue weighted by Gasteiger charge is -2.10. The van der Waals surface area contributed by atoms with Crippen molar-refractivity contribution < 1.29 is 8.78 Å². The zero-order valence-corrected chi connectivity index (χ0v) is 12.7. The van der Waals surface area contributed by atoms with E-state index in [0.717, 1.165) is 15.2 Å². The number of halogens is 3. The van der Waals surface area contributed by atoms with Gasteiger partial charge in [-0.3, -0.25) is 0 Å². The number of hydrogen-bond acceptors (Lipinski definition) is 2. The maximum Gasteiger partial charge on any atom is 0.130 e. The molecule has 102 valence electrons. The van der Waals surface area contributed by atoms with Crippen LogP contribution in [0, 0.1) is 11.6 Å². The van der Waals surface area contributed by atoms with Crippen molar-refractivity contribution in [1.29, 1.82) is 0 Å². The minimum atomic E-state index is -0.534. The second-order valence-electron chi connectivity index (χ2n) is 4.38. The van der Waals surface area contributed by atoms with Crippen LogP contribution >= 0.6 is 27.3 Å². The first kappa shape index (κ1) is 13.6. The summed E-state index contributed by atoms with van der Waals surface area (Å²) >= 11 is 4.91. The molecule has 0 aliphatic heterocycles. The quantitative estimate of drug-likeness (QED) is 0.585. The molecule has 1 unspecified atom stereocenters. The molecular weight excluding hydrogens is 344 g/mol. The molecule has 2 aromatic carbocycles. The lowest BCUT2D eigenvalue weighted by molar-refractivity contribution is 0.553. The number of nitrogens with zero attached hydrogens (tertiary/aromatic N) is 1. The SMILES string of the molecule is Fc1cccc(F)c1C(Br)Cc1nc2ccccc2s1. The second-order valence-corrected chi connectivity index (χ2v) is 6.60. The van der Waals surface area contributed by atoms with Crippen LogP contribution in [0.2, 0.25) is 0 Å². The first-order valence-corrected chi connectivity index (χ1v) is 7.81. The summed E-state index contributed by atoms with van der Waals surface area (Å²) in [4.78, 5) is 4.05. The molecule has 0 amide bonds. The van der Waals surface area contributed by atoms with Gasteiger partial charge in [0, 0.05) is 12.0 Å². The van der Waals surface area contributed by atoms with Crippen molar-refractivity contribution in [3.63, 3.8) is 0 Å². The predicted octanol–water partition coefficient (Wildman–Crippen LogP) is 5.25. The average molecular weight is 354 g/mol. The normalized spacial score (nSPS) is 12.8. The highest BCUT2D eigenvalue weighted by Crippen LogP contribution is 2.33. The lowest BCUT2D eigenvalue weighted by Crippen LogP contribution is -2.01. The van der Waals surface area contributed by atoms with Crippen LogP contribution in [-0.2, 0) is 6.42 Å². The molecule has 0 saturated heterocycles. The van der Waals surface area contributed by atoms with Crippen LogP contribution < -0.4 is 0 Å². The highest BCUT2D eigenvalue weighted by Gasteiger charge is 2.19. The van der Waals surface area contributed by atoms with E-state index >= 15 is 0 Å². The molecule has 0 fully saturated rings. The molecule has 0 aliphatic carbocycles. The molecule has 0 aliphatic rings. The van der Waals surface area contributed by atoms with Crippen LogP contribution in [-0.4, -0.2) is 4.98 Å². The van der Waals surface area contributed by atoms with Crippen LogP contribution in [0.3, 0.4) is 0 Å². The van der Waals surface area contributed by atoms with Gasteiger partial charge in [0.05, 0.1) is 20.1 Å². The molecule has 1 heterocycles. The molecule has 0 N–H and O–H groups in total. The van der Waals surface area contributed by atoms with Crippen molar-refractivity contribution in [3.8, 4) is 0 Å². The Kier molecular flexibility index (Phi) is 3.81. The summed E-state index contributed by atoms with van der Waals surface area (Å²) in [6.45, 7) is 0. The Morgan fingerprint density at radius 3 is 2.45 bits per heavy atom. The maximum absolute atomic E-state index is 13.7. The first-order valence-electron chi connectivity index (χ1n) is 6.07. The number of aromatic nitrogens is 1. The zero-order valence-electron chi connectivity index (χ0n) is 10.3. The largest absolute Gasteiger partial charge is 0.241 e. The minimum absolute atomic E-state index is 0.0618. The van der Waals surface area contributed by atoms with Gasteiger partial charge >= 0.3 is 0 Å². The van der Waals surface area contributed by atoms with Crippen LogP contribution in [0.25, 0.3) is 10.2 Å². The first-order chi connectivity index (χ1) is 9.65. The van der Waals surface area contributed by atoms with Crippen LogP contribution in [0.4, 0.5) is 8.78 Å². The highest BCUT2D eigenvalue weighted by atomic mass is 79.9. The van der Waals surface area contributed by atoms with Crippen molar-refractivity contribution in [2.45, 2.75) is 11.2 Å². The summed E-state index contributed by atoms with van der Waals surface area (Å²) in [6.07, 6.45) is 0.456. The topological polar surface area (TPSA) is 12.9 Å². The molecule has 0 radical (unpaired) electrons. The smallest absolute Gasteiger partial charge is 0.130 e. The van der Waals surface area contributed by atoms with E-state index in [1.165, 1.54) is 18.2 Å². The number of thiazole rings is 1. The highest BCUT2D eigenvalue weighted by molar-refractivity contribution is 9.09. The Hall–Kier alpha value is -1.33. The van der Waals surface area contributed by atoms with Crippen molar-refractivity contribution >= 4 is 37.5 Å². The summed E-state index contributed by atoms with van der Waals surface area (Å²) < 4.78 is 28.5. The average Bonchev–Trinajstić information content (AvgIpc) is 2.80. The Labute approximate surface area is 127 Å². The van der Waals surface area contributed by atoms with E-state index in [0.29, 0.717) is 6.42 Å². The molecule has 1 aromatic heterocycles. The molecule has 1 nitrogen and oxygen atoms in total. The molecule has 0 spiro atoms. The zero-order chi connectivity index (χ0) is 14.1. The molecule has 3 rings (SSSR count). The van der Waals surface area contributed by atoms with Crippen molar-refractivity contribution in [2.75, 3.05) is 0 Å². The molecular formula is C15H10BrF2NS. The predicted molar refractivity (Wildman–Crippen MR) is 81.4 cm³/mol. The summed E-state index contributed by atoms with van der Waals surface area (Å²) in [6, 6.07) is 11.7. The number of alkyl halides is 1. The van der Waals surface area contributed by atoms with Gasteiger partial charge in [0.1, 0.15) is 11.6 Å². The third-order valence-corrected chi connectivity index (χ3v) is 4.85. The Morgan fingerprint density at radius 2 is 1.75 bits per heavy atom. The Bertz CT molecular complexity index is 703. The Balaban J connectivity index is 1.90. The number of para-hydroxylation sites is 1. The van der Waals surface area contributed by atoms with Crippen molar-refractivity contribution in [1.82, 2.24) is 4.98 Å². The van der Waals surface area contributed by atoms with Gasteiger partial charge in [-0.2, -0.15) is 0 Å². The Morgan fingerprint density at radius 1 is 1.05 bits per heavy atom. The fourth-order valence-electron chi connectivity index (χ4n) is 2.07. The van der Waals surface area contributed by atoms with Gasteiger partial charge in [0.2, 0.25) is 0 Å². The van der Waals surface area contributed by atoms with E-state index in [-0.39, 0.29) is 5.56 Å². The fraction of sp³-hybridized carbons (Fsp3) is 0.133. The fourth-order valence-corrected chi connectivity index (χ4v) is 4.04. The van der Waals surface area contributed by atoms with Crippen LogP contribution in [0.15, 0.2) is 42.5 Å². The molecule has 0 bridgehead atoms. The molecule has 0 saturated carbocycles. The van der Waals surface area contributed by atoms with Gasteiger partial charge in [-0.1, -0.05) is 34.1 Å². The molecule has 1 atom stereocenters. The van der Waals surface area contributed by atoms with Crippen LogP contribution in [0.1, 0.15) is 15.4 Å². The van der Waals surface area contributed by atoms with E-state index < -0.39 is 16.5 Å². The van der Waals surface area contributed by atoms with Gasteiger partial charge < -0.3 is 0 Å². The second kappa shape index (κ2) is 5.58. The van der Waals surface area contributed by atoms with Gasteiger partial charge in [-0.05, 0) is 24.3 Å². The monoisotopic (exact) mass is 353 g/mol. The van der Waals surface area contributed by atoms with Crippen molar-refractivity contribution in [3.05, 3.63) is 64.7 Å². The van der Waals surface area contributed by atoms with Gasteiger partial charge in [-0.25, -0.2) is 13.8 Å². The van der Waals surface area contributed by atoms with Gasteiger partial charge in [-0.15, -0.1) is 11.3 Å². The molecule has 20 heavy (non-hydrogen) atoms.